The molecule has 4 nitrogen and oxygen atoms in total. The van der Waals surface area contributed by atoms with Crippen LogP contribution in [-0.4, -0.2) is 18.7 Å². The van der Waals surface area contributed by atoms with E-state index in [9.17, 15) is 4.79 Å². The van der Waals surface area contributed by atoms with Gasteiger partial charge in [0, 0.05) is 5.56 Å². The number of carbonyl (C=O) groups is 1. The molecule has 0 N–H and O–H groups in total. The molecule has 0 spiro atoms. The molecule has 0 bridgehead atoms. The summed E-state index contributed by atoms with van der Waals surface area (Å²) in [6, 6.07) is 15.3. The highest BCUT2D eigenvalue weighted by Gasteiger charge is 2.18. The molecule has 2 aromatic carbocycles. The van der Waals surface area contributed by atoms with Gasteiger partial charge in [-0.05, 0) is 44.5 Å². The van der Waals surface area contributed by atoms with Crippen LogP contribution in [-0.2, 0) is 22.6 Å². The van der Waals surface area contributed by atoms with Gasteiger partial charge in [-0.2, -0.15) is 0 Å². The lowest BCUT2D eigenvalue weighted by Crippen LogP contribution is -2.25. The first-order valence-corrected chi connectivity index (χ1v) is 11.3. The van der Waals surface area contributed by atoms with Crippen LogP contribution < -0.4 is 9.47 Å². The van der Waals surface area contributed by atoms with E-state index in [4.69, 9.17) is 14.2 Å². The van der Waals surface area contributed by atoms with Crippen LogP contribution in [0.2, 0.25) is 0 Å². The SMILES string of the molecule is CC.CC.CCC.COc1ccc(OCc2ccccc2)c(CC(=O)OC(C)(C)C)c1. The molecule has 0 unspecified atom stereocenters. The molecule has 2 rings (SSSR count). The number of rotatable bonds is 6. The summed E-state index contributed by atoms with van der Waals surface area (Å²) in [6.45, 7) is 18.2. The second kappa shape index (κ2) is 18.3. The van der Waals surface area contributed by atoms with Gasteiger partial charge >= 0.3 is 5.97 Å². The maximum atomic E-state index is 12.1. The number of carbonyl (C=O) groups excluding carboxylic acids is 1. The molecule has 0 saturated carbocycles. The first-order valence-electron chi connectivity index (χ1n) is 11.3. The summed E-state index contributed by atoms with van der Waals surface area (Å²) in [4.78, 5) is 12.1. The molecular formula is C27H44O4. The van der Waals surface area contributed by atoms with Crippen molar-refractivity contribution >= 4 is 5.97 Å². The molecule has 2 aromatic rings. The van der Waals surface area contributed by atoms with Crippen LogP contribution in [0.3, 0.4) is 0 Å². The minimum Gasteiger partial charge on any atom is -0.497 e. The van der Waals surface area contributed by atoms with Crippen LogP contribution >= 0.6 is 0 Å². The highest BCUT2D eigenvalue weighted by Crippen LogP contribution is 2.26. The van der Waals surface area contributed by atoms with Crippen molar-refractivity contribution in [3.63, 3.8) is 0 Å². The van der Waals surface area contributed by atoms with Crippen LogP contribution in [0, 0.1) is 0 Å². The fourth-order valence-corrected chi connectivity index (χ4v) is 2.23. The Balaban J connectivity index is 0. The maximum Gasteiger partial charge on any atom is 0.310 e. The van der Waals surface area contributed by atoms with E-state index in [0.29, 0.717) is 18.1 Å². The molecule has 0 fully saturated rings. The standard InChI is InChI=1S/C20H24O4.C3H8.2C2H6/c1-20(2,3)24-19(21)13-16-12-17(22-4)10-11-18(16)23-14-15-8-6-5-7-9-15;1-3-2;2*1-2/h5-12H,13-14H2,1-4H3;3H2,1-2H3;2*1-2H3. The van der Waals surface area contributed by atoms with Crippen molar-refractivity contribution in [2.24, 2.45) is 0 Å². The first-order chi connectivity index (χ1) is 14.8. The van der Waals surface area contributed by atoms with E-state index in [-0.39, 0.29) is 12.4 Å². The third-order valence-electron chi connectivity index (χ3n) is 3.26. The van der Waals surface area contributed by atoms with Gasteiger partial charge in [-0.1, -0.05) is 78.3 Å². The quantitative estimate of drug-likeness (QED) is 0.440. The van der Waals surface area contributed by atoms with Crippen molar-refractivity contribution in [3.8, 4) is 11.5 Å². The fraction of sp³-hybridized carbons (Fsp3) is 0.519. The van der Waals surface area contributed by atoms with Gasteiger partial charge in [0.15, 0.2) is 0 Å². The fourth-order valence-electron chi connectivity index (χ4n) is 2.23. The Bertz CT molecular complexity index is 688. The number of hydrogen-bond donors (Lipinski definition) is 0. The molecule has 0 saturated heterocycles. The van der Waals surface area contributed by atoms with Crippen molar-refractivity contribution in [2.75, 3.05) is 7.11 Å². The van der Waals surface area contributed by atoms with Crippen molar-refractivity contribution in [2.45, 2.75) is 87.4 Å². The summed E-state index contributed by atoms with van der Waals surface area (Å²) < 4.78 is 16.5. The molecule has 0 aromatic heterocycles. The zero-order chi connectivity index (χ0) is 24.3. The van der Waals surface area contributed by atoms with E-state index in [2.05, 4.69) is 13.8 Å². The van der Waals surface area contributed by atoms with Gasteiger partial charge < -0.3 is 14.2 Å². The summed E-state index contributed by atoms with van der Waals surface area (Å²) in [6.07, 6.45) is 1.39. The Morgan fingerprint density at radius 2 is 1.45 bits per heavy atom. The van der Waals surface area contributed by atoms with Crippen molar-refractivity contribution in [3.05, 3.63) is 59.7 Å². The summed E-state index contributed by atoms with van der Waals surface area (Å²) in [5, 5.41) is 0. The average molecular weight is 433 g/mol. The molecule has 0 aliphatic carbocycles. The van der Waals surface area contributed by atoms with Crippen LogP contribution in [0.25, 0.3) is 0 Å². The molecule has 0 heterocycles. The lowest BCUT2D eigenvalue weighted by molar-refractivity contribution is -0.153. The number of ether oxygens (including phenoxy) is 3. The zero-order valence-electron chi connectivity index (χ0n) is 21.4. The molecule has 0 aliphatic rings. The van der Waals surface area contributed by atoms with E-state index in [0.717, 1.165) is 11.1 Å². The Morgan fingerprint density at radius 3 is 1.94 bits per heavy atom. The average Bonchev–Trinajstić information content (AvgIpc) is 2.75. The third kappa shape index (κ3) is 15.0. The lowest BCUT2D eigenvalue weighted by atomic mass is 10.1. The second-order valence-electron chi connectivity index (χ2n) is 7.22. The maximum absolute atomic E-state index is 12.1. The van der Waals surface area contributed by atoms with Crippen molar-refractivity contribution in [1.82, 2.24) is 0 Å². The summed E-state index contributed by atoms with van der Waals surface area (Å²) >= 11 is 0. The van der Waals surface area contributed by atoms with Crippen LogP contribution in [0.15, 0.2) is 48.5 Å². The van der Waals surface area contributed by atoms with Gasteiger partial charge in [-0.15, -0.1) is 0 Å². The molecule has 0 radical (unpaired) electrons. The lowest BCUT2D eigenvalue weighted by Gasteiger charge is -2.20. The van der Waals surface area contributed by atoms with Gasteiger partial charge in [0.25, 0.3) is 0 Å². The predicted molar refractivity (Wildman–Crippen MR) is 132 cm³/mol. The molecule has 0 atom stereocenters. The van der Waals surface area contributed by atoms with Crippen LogP contribution in [0.1, 0.15) is 79.9 Å². The van der Waals surface area contributed by atoms with Gasteiger partial charge in [0.1, 0.15) is 23.7 Å². The minimum atomic E-state index is -0.513. The predicted octanol–water partition coefficient (Wildman–Crippen LogP) is 7.63. The van der Waals surface area contributed by atoms with E-state index >= 15 is 0 Å². The Labute approximate surface area is 190 Å². The molecular weight excluding hydrogens is 388 g/mol. The van der Waals surface area contributed by atoms with E-state index < -0.39 is 5.60 Å². The third-order valence-corrected chi connectivity index (χ3v) is 3.26. The summed E-state index contributed by atoms with van der Waals surface area (Å²) in [7, 11) is 1.59. The van der Waals surface area contributed by atoms with Crippen molar-refractivity contribution in [1.29, 1.82) is 0 Å². The Hall–Kier alpha value is -2.49. The van der Waals surface area contributed by atoms with Crippen LogP contribution in [0.5, 0.6) is 11.5 Å². The molecule has 0 amide bonds. The topological polar surface area (TPSA) is 44.8 Å². The van der Waals surface area contributed by atoms with Crippen LogP contribution in [0.4, 0.5) is 0 Å². The van der Waals surface area contributed by atoms with Gasteiger partial charge in [-0.25, -0.2) is 0 Å². The number of methoxy groups -OCH3 is 1. The smallest absolute Gasteiger partial charge is 0.310 e. The summed E-state index contributed by atoms with van der Waals surface area (Å²) in [5.41, 5.74) is 1.30. The minimum absolute atomic E-state index is 0.137. The highest BCUT2D eigenvalue weighted by atomic mass is 16.6. The zero-order valence-corrected chi connectivity index (χ0v) is 21.4. The van der Waals surface area contributed by atoms with E-state index in [1.165, 1.54) is 6.42 Å². The van der Waals surface area contributed by atoms with Gasteiger partial charge in [0.2, 0.25) is 0 Å². The summed E-state index contributed by atoms with van der Waals surface area (Å²) in [5.74, 6) is 1.05. The van der Waals surface area contributed by atoms with E-state index in [1.807, 2.05) is 97.0 Å². The first kappa shape index (κ1) is 30.7. The number of hydrogen-bond acceptors (Lipinski definition) is 4. The molecule has 176 valence electrons. The number of esters is 1. The van der Waals surface area contributed by atoms with E-state index in [1.54, 1.807) is 7.11 Å². The normalized spacial score (nSPS) is 9.48. The Morgan fingerprint density at radius 1 is 0.903 bits per heavy atom. The largest absolute Gasteiger partial charge is 0.497 e. The number of benzene rings is 2. The molecule has 31 heavy (non-hydrogen) atoms. The second-order valence-corrected chi connectivity index (χ2v) is 7.22. The van der Waals surface area contributed by atoms with Gasteiger partial charge in [-0.3, -0.25) is 4.79 Å². The monoisotopic (exact) mass is 432 g/mol. The molecule has 4 heteroatoms. The molecule has 0 aliphatic heterocycles. The highest BCUT2D eigenvalue weighted by molar-refractivity contribution is 5.74. The Kier molecular flexibility index (Phi) is 18.1. The van der Waals surface area contributed by atoms with Crippen molar-refractivity contribution < 1.29 is 19.0 Å². The van der Waals surface area contributed by atoms with Gasteiger partial charge in [0.05, 0.1) is 13.5 Å².